The molecule has 0 saturated carbocycles. The molecule has 5 nitrogen and oxygen atoms in total. The molecule has 3 rings (SSSR count). The molecule has 0 spiro atoms. The lowest BCUT2D eigenvalue weighted by Gasteiger charge is -2.12. The van der Waals surface area contributed by atoms with Gasteiger partial charge >= 0.3 is 0 Å². The number of benzene rings is 3. The van der Waals surface area contributed by atoms with Crippen LogP contribution < -0.4 is 15.4 Å². The summed E-state index contributed by atoms with van der Waals surface area (Å²) in [5.74, 6) is 0.254. The maximum absolute atomic E-state index is 12.3. The van der Waals surface area contributed by atoms with Crippen molar-refractivity contribution in [2.24, 2.45) is 0 Å². The molecule has 0 saturated heterocycles. The minimum absolute atomic E-state index is 0.0750. The number of carbonyl (C=O) groups is 2. The lowest BCUT2D eigenvalue weighted by molar-refractivity contribution is -0.118. The summed E-state index contributed by atoms with van der Waals surface area (Å²) in [7, 11) is 0. The lowest BCUT2D eigenvalue weighted by atomic mass is 10.1. The molecule has 0 aliphatic rings. The monoisotopic (exact) mass is 388 g/mol. The molecule has 5 heteroatoms. The molecule has 2 amide bonds. The average Bonchev–Trinajstić information content (AvgIpc) is 2.68. The van der Waals surface area contributed by atoms with E-state index in [1.165, 1.54) is 0 Å². The van der Waals surface area contributed by atoms with Gasteiger partial charge in [-0.05, 0) is 79.9 Å². The van der Waals surface area contributed by atoms with Gasteiger partial charge in [0.05, 0.1) is 0 Å². The van der Waals surface area contributed by atoms with Crippen molar-refractivity contribution < 1.29 is 14.3 Å². The number of anilines is 2. The second-order valence-electron chi connectivity index (χ2n) is 7.01. The molecular weight excluding hydrogens is 364 g/mol. The highest BCUT2D eigenvalue weighted by atomic mass is 16.5. The van der Waals surface area contributed by atoms with E-state index in [9.17, 15) is 9.59 Å². The summed E-state index contributed by atoms with van der Waals surface area (Å²) < 4.78 is 5.59. The van der Waals surface area contributed by atoms with E-state index in [2.05, 4.69) is 10.6 Å². The molecule has 0 atom stereocenters. The van der Waals surface area contributed by atoms with E-state index in [1.54, 1.807) is 24.3 Å². The van der Waals surface area contributed by atoms with Crippen molar-refractivity contribution in [1.29, 1.82) is 0 Å². The Morgan fingerprint density at radius 1 is 0.828 bits per heavy atom. The van der Waals surface area contributed by atoms with Gasteiger partial charge in [-0.1, -0.05) is 24.3 Å². The van der Waals surface area contributed by atoms with Gasteiger partial charge in [0.1, 0.15) is 5.75 Å². The highest BCUT2D eigenvalue weighted by Gasteiger charge is 2.09. The fourth-order valence-electron chi connectivity index (χ4n) is 3.03. The van der Waals surface area contributed by atoms with Crippen LogP contribution in [-0.4, -0.2) is 18.4 Å². The molecular formula is C24H24N2O3. The fourth-order valence-corrected chi connectivity index (χ4v) is 3.03. The predicted molar refractivity (Wildman–Crippen MR) is 116 cm³/mol. The molecule has 0 aromatic heterocycles. The van der Waals surface area contributed by atoms with E-state index in [4.69, 9.17) is 4.74 Å². The topological polar surface area (TPSA) is 67.4 Å². The highest BCUT2D eigenvalue weighted by Crippen LogP contribution is 2.21. The van der Waals surface area contributed by atoms with Gasteiger partial charge in [0.2, 0.25) is 0 Å². The first-order valence-electron chi connectivity index (χ1n) is 9.39. The number of hydrogen-bond donors (Lipinski definition) is 2. The van der Waals surface area contributed by atoms with Crippen LogP contribution in [0.4, 0.5) is 11.4 Å². The van der Waals surface area contributed by atoms with E-state index in [-0.39, 0.29) is 18.4 Å². The summed E-state index contributed by atoms with van der Waals surface area (Å²) >= 11 is 0. The van der Waals surface area contributed by atoms with Crippen LogP contribution in [0.25, 0.3) is 0 Å². The van der Waals surface area contributed by atoms with Gasteiger partial charge in [-0.15, -0.1) is 0 Å². The van der Waals surface area contributed by atoms with Crippen LogP contribution in [-0.2, 0) is 4.79 Å². The number of hydrogen-bond acceptors (Lipinski definition) is 3. The zero-order valence-corrected chi connectivity index (χ0v) is 16.8. The van der Waals surface area contributed by atoms with Gasteiger partial charge in [0.15, 0.2) is 6.61 Å². The van der Waals surface area contributed by atoms with Crippen LogP contribution in [0.5, 0.6) is 5.75 Å². The van der Waals surface area contributed by atoms with Gasteiger partial charge in [0, 0.05) is 16.9 Å². The van der Waals surface area contributed by atoms with Crippen molar-refractivity contribution in [3.05, 3.63) is 89.0 Å². The molecule has 148 valence electrons. The van der Waals surface area contributed by atoms with Crippen molar-refractivity contribution in [1.82, 2.24) is 0 Å². The maximum Gasteiger partial charge on any atom is 0.262 e. The fraction of sp³-hybridized carbons (Fsp3) is 0.167. The number of ether oxygens (including phenoxy) is 1. The third-order valence-electron chi connectivity index (χ3n) is 4.36. The van der Waals surface area contributed by atoms with E-state index >= 15 is 0 Å². The summed E-state index contributed by atoms with van der Waals surface area (Å²) in [4.78, 5) is 24.5. The van der Waals surface area contributed by atoms with Crippen molar-refractivity contribution in [3.63, 3.8) is 0 Å². The molecule has 3 aromatic carbocycles. The molecule has 0 bridgehead atoms. The van der Waals surface area contributed by atoms with Gasteiger partial charge in [-0.25, -0.2) is 0 Å². The van der Waals surface area contributed by atoms with Gasteiger partial charge in [-0.2, -0.15) is 0 Å². The standard InChI is InChI=1S/C24H24N2O3/c1-16-11-17(2)13-21(12-16)29-15-23(27)25-20-9-10-22(18(3)14-20)26-24(28)19-7-5-4-6-8-19/h4-14H,15H2,1-3H3,(H,25,27)(H,26,28). The summed E-state index contributed by atoms with van der Waals surface area (Å²) in [6.07, 6.45) is 0. The first-order chi connectivity index (χ1) is 13.9. The first kappa shape index (κ1) is 20.1. The molecule has 0 aliphatic heterocycles. The summed E-state index contributed by atoms with van der Waals surface area (Å²) in [6.45, 7) is 5.78. The molecule has 0 heterocycles. The minimum Gasteiger partial charge on any atom is -0.484 e. The second-order valence-corrected chi connectivity index (χ2v) is 7.01. The molecule has 2 N–H and O–H groups in total. The van der Waals surface area contributed by atoms with Gasteiger partial charge < -0.3 is 15.4 Å². The summed E-state index contributed by atoms with van der Waals surface area (Å²) in [6, 6.07) is 20.2. The van der Waals surface area contributed by atoms with E-state index in [0.717, 1.165) is 16.7 Å². The third-order valence-corrected chi connectivity index (χ3v) is 4.36. The molecule has 0 fully saturated rings. The molecule has 0 radical (unpaired) electrons. The molecule has 29 heavy (non-hydrogen) atoms. The zero-order valence-electron chi connectivity index (χ0n) is 16.8. The van der Waals surface area contributed by atoms with Crippen LogP contribution >= 0.6 is 0 Å². The minimum atomic E-state index is -0.246. The second kappa shape index (κ2) is 9.06. The van der Waals surface area contributed by atoms with Crippen LogP contribution in [0.1, 0.15) is 27.0 Å². The Morgan fingerprint density at radius 3 is 2.17 bits per heavy atom. The van der Waals surface area contributed by atoms with Gasteiger partial charge in [0.25, 0.3) is 11.8 Å². The molecule has 0 aliphatic carbocycles. The normalized spacial score (nSPS) is 10.3. The van der Waals surface area contributed by atoms with E-state index in [1.807, 2.05) is 63.2 Å². The maximum atomic E-state index is 12.3. The number of nitrogens with one attached hydrogen (secondary N) is 2. The Morgan fingerprint density at radius 2 is 1.52 bits per heavy atom. The Kier molecular flexibility index (Phi) is 6.29. The molecule has 3 aromatic rings. The summed E-state index contributed by atoms with van der Waals surface area (Å²) in [5.41, 5.74) is 4.96. The third kappa shape index (κ3) is 5.69. The Bertz CT molecular complexity index is 1010. The Balaban J connectivity index is 1.58. The van der Waals surface area contributed by atoms with Crippen LogP contribution in [0.2, 0.25) is 0 Å². The van der Waals surface area contributed by atoms with E-state index < -0.39 is 0 Å². The van der Waals surface area contributed by atoms with Crippen LogP contribution in [0.3, 0.4) is 0 Å². The Labute approximate surface area is 170 Å². The first-order valence-corrected chi connectivity index (χ1v) is 9.39. The zero-order chi connectivity index (χ0) is 20.8. The lowest BCUT2D eigenvalue weighted by Crippen LogP contribution is -2.20. The smallest absolute Gasteiger partial charge is 0.262 e. The molecule has 0 unspecified atom stereocenters. The number of aryl methyl sites for hydroxylation is 3. The quantitative estimate of drug-likeness (QED) is 0.632. The highest BCUT2D eigenvalue weighted by molar-refractivity contribution is 6.04. The van der Waals surface area contributed by atoms with Crippen LogP contribution in [0.15, 0.2) is 66.7 Å². The Hall–Kier alpha value is -3.60. The van der Waals surface area contributed by atoms with Crippen molar-refractivity contribution in [2.75, 3.05) is 17.2 Å². The van der Waals surface area contributed by atoms with Gasteiger partial charge in [-0.3, -0.25) is 9.59 Å². The number of rotatable bonds is 6. The largest absolute Gasteiger partial charge is 0.484 e. The number of amides is 2. The predicted octanol–water partition coefficient (Wildman–Crippen LogP) is 4.88. The van der Waals surface area contributed by atoms with Crippen molar-refractivity contribution in [3.8, 4) is 5.75 Å². The average molecular weight is 388 g/mol. The van der Waals surface area contributed by atoms with Crippen LogP contribution in [0, 0.1) is 20.8 Å². The van der Waals surface area contributed by atoms with E-state index in [0.29, 0.717) is 22.7 Å². The SMILES string of the molecule is Cc1cc(C)cc(OCC(=O)Nc2ccc(NC(=O)c3ccccc3)c(C)c2)c1. The number of carbonyl (C=O) groups excluding carboxylic acids is 2. The van der Waals surface area contributed by atoms with Crippen molar-refractivity contribution >= 4 is 23.2 Å². The summed E-state index contributed by atoms with van der Waals surface area (Å²) in [5, 5.41) is 5.71. The van der Waals surface area contributed by atoms with Crippen molar-refractivity contribution in [2.45, 2.75) is 20.8 Å².